The number of hydrogen-bond acceptors (Lipinski definition) is 6. The maximum atomic E-state index is 13.1. The number of likely N-dealkylation sites (tertiary alicyclic amines) is 2. The van der Waals surface area contributed by atoms with Crippen molar-refractivity contribution in [3.8, 4) is 0 Å². The van der Waals surface area contributed by atoms with E-state index in [9.17, 15) is 14.4 Å². The molecule has 0 unspecified atom stereocenters. The van der Waals surface area contributed by atoms with E-state index < -0.39 is 0 Å². The number of piperidine rings is 2. The number of Topliss-reactive ketones (excluding diaryl/α,β-unsaturated/α-hetero) is 1. The van der Waals surface area contributed by atoms with Crippen molar-refractivity contribution in [3.05, 3.63) is 66.0 Å². The lowest BCUT2D eigenvalue weighted by atomic mass is 9.88. The van der Waals surface area contributed by atoms with Gasteiger partial charge in [-0.1, -0.05) is 24.3 Å². The van der Waals surface area contributed by atoms with Crippen LogP contribution >= 0.6 is 0 Å². The highest BCUT2D eigenvalue weighted by atomic mass is 16.2. The van der Waals surface area contributed by atoms with Crippen molar-refractivity contribution in [2.45, 2.75) is 25.7 Å². The molecule has 4 heterocycles. The maximum Gasteiger partial charge on any atom is 0.254 e. The number of nitrogens with two attached hydrogens (primary N) is 1. The van der Waals surface area contributed by atoms with E-state index in [-0.39, 0.29) is 29.4 Å². The van der Waals surface area contributed by atoms with Gasteiger partial charge in [-0.15, -0.1) is 0 Å². The molecule has 0 spiro atoms. The van der Waals surface area contributed by atoms with Gasteiger partial charge in [-0.05, 0) is 49.9 Å². The molecular weight excluding hydrogens is 442 g/mol. The largest absolute Gasteiger partial charge is 0.384 e. The summed E-state index contributed by atoms with van der Waals surface area (Å²) in [4.78, 5) is 51.1. The molecule has 3 aromatic rings. The SMILES string of the molecule is Nc1cc(C(=O)N2CCC(C(=O)N3CCC(C(=O)c4ccc5ccccc5n4)CC3)CC2)ccn1. The van der Waals surface area contributed by atoms with E-state index in [1.54, 1.807) is 23.1 Å². The van der Waals surface area contributed by atoms with E-state index in [1.165, 1.54) is 6.20 Å². The zero-order valence-electron chi connectivity index (χ0n) is 19.6. The normalized spacial score (nSPS) is 17.5. The Labute approximate surface area is 204 Å². The number of carbonyl (C=O) groups is 3. The lowest BCUT2D eigenvalue weighted by Gasteiger charge is -2.37. The zero-order valence-corrected chi connectivity index (χ0v) is 19.6. The van der Waals surface area contributed by atoms with Crippen molar-refractivity contribution in [1.29, 1.82) is 0 Å². The number of nitrogens with zero attached hydrogens (tertiary/aromatic N) is 4. The van der Waals surface area contributed by atoms with Gasteiger partial charge in [0.1, 0.15) is 11.5 Å². The lowest BCUT2D eigenvalue weighted by molar-refractivity contribution is -0.138. The van der Waals surface area contributed by atoms with Crippen molar-refractivity contribution in [3.63, 3.8) is 0 Å². The second kappa shape index (κ2) is 9.82. The summed E-state index contributed by atoms with van der Waals surface area (Å²) in [6.45, 7) is 2.25. The second-order valence-corrected chi connectivity index (χ2v) is 9.39. The highest BCUT2D eigenvalue weighted by Crippen LogP contribution is 2.26. The molecule has 2 aliphatic rings. The summed E-state index contributed by atoms with van der Waals surface area (Å²) in [5.41, 5.74) is 7.54. The van der Waals surface area contributed by atoms with E-state index in [0.717, 1.165) is 10.9 Å². The maximum absolute atomic E-state index is 13.1. The first-order valence-corrected chi connectivity index (χ1v) is 12.2. The highest BCUT2D eigenvalue weighted by molar-refractivity contribution is 5.98. The van der Waals surface area contributed by atoms with Crippen LogP contribution in [0.5, 0.6) is 0 Å². The van der Waals surface area contributed by atoms with E-state index >= 15 is 0 Å². The third kappa shape index (κ3) is 4.87. The predicted molar refractivity (Wildman–Crippen MR) is 133 cm³/mol. The molecule has 0 radical (unpaired) electrons. The van der Waals surface area contributed by atoms with Crippen molar-refractivity contribution >= 4 is 34.3 Å². The number of benzene rings is 1. The van der Waals surface area contributed by atoms with Gasteiger partial charge < -0.3 is 15.5 Å². The molecule has 0 aliphatic carbocycles. The van der Waals surface area contributed by atoms with Gasteiger partial charge in [0.2, 0.25) is 5.91 Å². The Morgan fingerprint density at radius 2 is 1.51 bits per heavy atom. The lowest BCUT2D eigenvalue weighted by Crippen LogP contribution is -2.47. The Bertz CT molecular complexity index is 1260. The van der Waals surface area contributed by atoms with Crippen LogP contribution in [0.3, 0.4) is 0 Å². The van der Waals surface area contributed by atoms with Gasteiger partial charge >= 0.3 is 0 Å². The molecule has 2 saturated heterocycles. The number of aromatic nitrogens is 2. The van der Waals surface area contributed by atoms with Gasteiger partial charge in [0.05, 0.1) is 5.52 Å². The number of anilines is 1. The Kier molecular flexibility index (Phi) is 6.44. The third-order valence-corrected chi connectivity index (χ3v) is 7.19. The number of rotatable bonds is 4. The van der Waals surface area contributed by atoms with E-state index in [1.807, 2.05) is 35.2 Å². The summed E-state index contributed by atoms with van der Waals surface area (Å²) in [5.74, 6) is 0.244. The molecule has 8 nitrogen and oxygen atoms in total. The van der Waals surface area contributed by atoms with E-state index in [4.69, 9.17) is 5.73 Å². The molecule has 2 aliphatic heterocycles. The van der Waals surface area contributed by atoms with Gasteiger partial charge in [0.15, 0.2) is 5.78 Å². The van der Waals surface area contributed by atoms with Crippen molar-refractivity contribution < 1.29 is 14.4 Å². The molecular formula is C27H29N5O3. The molecule has 180 valence electrons. The first kappa shape index (κ1) is 23.0. The molecule has 1 aromatic carbocycles. The van der Waals surface area contributed by atoms with Gasteiger partial charge in [0.25, 0.3) is 5.91 Å². The average molecular weight is 472 g/mol. The number of pyridine rings is 2. The van der Waals surface area contributed by atoms with Crippen LogP contribution in [-0.4, -0.2) is 63.5 Å². The number of nitrogen functional groups attached to an aromatic ring is 1. The van der Waals surface area contributed by atoms with Crippen LogP contribution in [0.4, 0.5) is 5.82 Å². The van der Waals surface area contributed by atoms with Gasteiger partial charge in [0, 0.05) is 55.2 Å². The van der Waals surface area contributed by atoms with Gasteiger partial charge in [-0.3, -0.25) is 14.4 Å². The standard InChI is InChI=1S/C27H29N5O3/c28-24-17-21(7-12-29-24)27(35)32-15-10-20(11-16-32)26(34)31-13-8-19(9-14-31)25(33)23-6-5-18-3-1-2-4-22(18)30-23/h1-7,12,17,19-20H,8-11,13-16H2,(H2,28,29). The minimum Gasteiger partial charge on any atom is -0.384 e. The summed E-state index contributed by atoms with van der Waals surface area (Å²) in [7, 11) is 0. The third-order valence-electron chi connectivity index (χ3n) is 7.19. The summed E-state index contributed by atoms with van der Waals surface area (Å²) >= 11 is 0. The monoisotopic (exact) mass is 471 g/mol. The number of ketones is 1. The van der Waals surface area contributed by atoms with Crippen LogP contribution in [0, 0.1) is 11.8 Å². The zero-order chi connectivity index (χ0) is 24.4. The fourth-order valence-electron chi connectivity index (χ4n) is 5.13. The van der Waals surface area contributed by atoms with Crippen LogP contribution in [-0.2, 0) is 4.79 Å². The van der Waals surface area contributed by atoms with Crippen molar-refractivity contribution in [2.24, 2.45) is 11.8 Å². The highest BCUT2D eigenvalue weighted by Gasteiger charge is 2.34. The summed E-state index contributed by atoms with van der Waals surface area (Å²) in [6, 6.07) is 14.8. The predicted octanol–water partition coefficient (Wildman–Crippen LogP) is 3.19. The molecule has 0 saturated carbocycles. The van der Waals surface area contributed by atoms with Gasteiger partial charge in [-0.25, -0.2) is 9.97 Å². The number of para-hydroxylation sites is 1. The Hall–Kier alpha value is -3.81. The molecule has 35 heavy (non-hydrogen) atoms. The van der Waals surface area contributed by atoms with Crippen molar-refractivity contribution in [2.75, 3.05) is 31.9 Å². The van der Waals surface area contributed by atoms with Crippen molar-refractivity contribution in [1.82, 2.24) is 19.8 Å². The number of amides is 2. The number of fused-ring (bicyclic) bond motifs is 1. The fraction of sp³-hybridized carbons (Fsp3) is 0.370. The van der Waals surface area contributed by atoms with Crippen LogP contribution in [0.15, 0.2) is 54.7 Å². The second-order valence-electron chi connectivity index (χ2n) is 9.39. The molecule has 2 amide bonds. The number of hydrogen-bond donors (Lipinski definition) is 1. The van der Waals surface area contributed by atoms with Crippen LogP contribution in [0.2, 0.25) is 0 Å². The first-order valence-electron chi connectivity index (χ1n) is 12.2. The Morgan fingerprint density at radius 1 is 0.829 bits per heavy atom. The fourth-order valence-corrected chi connectivity index (χ4v) is 5.13. The van der Waals surface area contributed by atoms with Crippen LogP contribution in [0.1, 0.15) is 46.5 Å². The number of carbonyl (C=O) groups excluding carboxylic acids is 3. The smallest absolute Gasteiger partial charge is 0.254 e. The summed E-state index contributed by atoms with van der Waals surface area (Å²) < 4.78 is 0. The van der Waals surface area contributed by atoms with Gasteiger partial charge in [-0.2, -0.15) is 0 Å². The molecule has 2 fully saturated rings. The first-order chi connectivity index (χ1) is 17.0. The molecule has 2 N–H and O–H groups in total. The minimum absolute atomic E-state index is 0.0615. The minimum atomic E-state index is -0.111. The molecule has 0 atom stereocenters. The molecule has 8 heteroatoms. The summed E-state index contributed by atoms with van der Waals surface area (Å²) in [5, 5.41) is 1.02. The molecule has 5 rings (SSSR count). The molecule has 0 bridgehead atoms. The van der Waals surface area contributed by atoms with E-state index in [0.29, 0.717) is 68.9 Å². The Balaban J connectivity index is 1.13. The topological polar surface area (TPSA) is 109 Å². The van der Waals surface area contributed by atoms with Crippen LogP contribution < -0.4 is 5.73 Å². The Morgan fingerprint density at radius 3 is 2.26 bits per heavy atom. The van der Waals surface area contributed by atoms with Crippen LogP contribution in [0.25, 0.3) is 10.9 Å². The average Bonchev–Trinajstić information content (AvgIpc) is 2.92. The quantitative estimate of drug-likeness (QED) is 0.586. The van der Waals surface area contributed by atoms with E-state index in [2.05, 4.69) is 9.97 Å². The molecule has 2 aromatic heterocycles. The summed E-state index contributed by atoms with van der Waals surface area (Å²) in [6.07, 6.45) is 4.12.